The highest BCUT2D eigenvalue weighted by Crippen LogP contribution is 2.25. The van der Waals surface area contributed by atoms with Crippen LogP contribution in [-0.4, -0.2) is 56.2 Å². The first-order valence-electron chi connectivity index (χ1n) is 8.53. The number of hydrogen-bond donors (Lipinski definition) is 2. The van der Waals surface area contributed by atoms with E-state index in [4.69, 9.17) is 16.3 Å². The highest BCUT2D eigenvalue weighted by molar-refractivity contribution is 14.0. The fraction of sp³-hybridized carbons (Fsp3) is 0.588. The predicted molar refractivity (Wildman–Crippen MR) is 116 cm³/mol. The van der Waals surface area contributed by atoms with E-state index in [0.29, 0.717) is 17.5 Å². The molecule has 9 heteroatoms. The Balaban J connectivity index is 0.00000338. The van der Waals surface area contributed by atoms with E-state index in [1.54, 1.807) is 13.1 Å². The number of guanidine groups is 1. The highest BCUT2D eigenvalue weighted by atomic mass is 127. The quantitative estimate of drug-likeness (QED) is 0.273. The van der Waals surface area contributed by atoms with Crippen molar-refractivity contribution in [1.29, 1.82) is 0 Å². The topological polar surface area (TPSA) is 78.8 Å². The molecule has 2 heterocycles. The number of nitrogens with one attached hydrogen (secondary N) is 2. The summed E-state index contributed by atoms with van der Waals surface area (Å²) in [5.74, 6) is 0.997. The predicted octanol–water partition coefficient (Wildman–Crippen LogP) is 2.30. The van der Waals surface area contributed by atoms with Gasteiger partial charge in [-0.15, -0.1) is 24.0 Å². The zero-order valence-corrected chi connectivity index (χ0v) is 18.5. The van der Waals surface area contributed by atoms with Crippen LogP contribution in [0.4, 0.5) is 5.82 Å². The first-order chi connectivity index (χ1) is 12.0. The van der Waals surface area contributed by atoms with Gasteiger partial charge in [0.15, 0.2) is 5.96 Å². The molecule has 0 aliphatic carbocycles. The monoisotopic (exact) mass is 495 g/mol. The average Bonchev–Trinajstić information content (AvgIpc) is 3.07. The number of carbonyl (C=O) groups is 1. The van der Waals surface area contributed by atoms with Gasteiger partial charge >= 0.3 is 5.97 Å². The third-order valence-corrected chi connectivity index (χ3v) is 4.33. The van der Waals surface area contributed by atoms with Crippen LogP contribution < -0.4 is 15.5 Å². The molecule has 1 saturated heterocycles. The van der Waals surface area contributed by atoms with Crippen molar-refractivity contribution in [3.63, 3.8) is 0 Å². The lowest BCUT2D eigenvalue weighted by atomic mass is 10.2. The number of hydrogen-bond acceptors (Lipinski definition) is 5. The van der Waals surface area contributed by atoms with Crippen LogP contribution >= 0.6 is 35.6 Å². The van der Waals surface area contributed by atoms with Crippen molar-refractivity contribution in [1.82, 2.24) is 15.6 Å². The molecule has 1 aliphatic rings. The first kappa shape index (κ1) is 22.8. The molecule has 2 unspecified atom stereocenters. The van der Waals surface area contributed by atoms with E-state index in [-0.39, 0.29) is 41.9 Å². The zero-order chi connectivity index (χ0) is 18.2. The van der Waals surface area contributed by atoms with Crippen LogP contribution in [0.3, 0.4) is 0 Å². The third kappa shape index (κ3) is 6.46. The van der Waals surface area contributed by atoms with Gasteiger partial charge in [-0.05, 0) is 25.5 Å². The fourth-order valence-corrected chi connectivity index (χ4v) is 2.94. The van der Waals surface area contributed by atoms with Gasteiger partial charge in [0.05, 0.1) is 24.6 Å². The van der Waals surface area contributed by atoms with Gasteiger partial charge in [-0.1, -0.05) is 18.5 Å². The van der Waals surface area contributed by atoms with Crippen molar-refractivity contribution in [3.8, 4) is 0 Å². The van der Waals surface area contributed by atoms with Crippen molar-refractivity contribution in [3.05, 3.63) is 23.4 Å². The molecule has 146 valence electrons. The standard InChI is InChI=1S/C17H26ClN5O2.HI/c1-4-19-17(21-10-12(2)16(24)25-3)22-13-7-9-23(11-13)15-14(18)6-5-8-20-15;/h5-6,8,12-13H,4,7,9-11H2,1-3H3,(H2,19,21,22);1H. The van der Waals surface area contributed by atoms with E-state index < -0.39 is 0 Å². The van der Waals surface area contributed by atoms with Crippen molar-refractivity contribution >= 4 is 53.3 Å². The number of aromatic nitrogens is 1. The lowest BCUT2D eigenvalue weighted by Crippen LogP contribution is -2.45. The van der Waals surface area contributed by atoms with Gasteiger partial charge in [0.25, 0.3) is 0 Å². The Bertz CT molecular complexity index is 617. The number of esters is 1. The van der Waals surface area contributed by atoms with E-state index in [1.165, 1.54) is 7.11 Å². The number of pyridine rings is 1. The van der Waals surface area contributed by atoms with Crippen LogP contribution in [0.5, 0.6) is 0 Å². The van der Waals surface area contributed by atoms with Gasteiger partial charge in [-0.2, -0.15) is 0 Å². The summed E-state index contributed by atoms with van der Waals surface area (Å²) in [6, 6.07) is 3.92. The molecule has 1 fully saturated rings. The Morgan fingerprint density at radius 3 is 3.00 bits per heavy atom. The molecule has 1 aliphatic heterocycles. The summed E-state index contributed by atoms with van der Waals surface area (Å²) in [5, 5.41) is 7.30. The molecule has 1 aromatic rings. The molecule has 26 heavy (non-hydrogen) atoms. The molecule has 0 radical (unpaired) electrons. The Labute approximate surface area is 177 Å². The average molecular weight is 496 g/mol. The summed E-state index contributed by atoms with van der Waals surface area (Å²) in [7, 11) is 1.39. The largest absolute Gasteiger partial charge is 0.469 e. The number of carbonyl (C=O) groups excluding carboxylic acids is 1. The second-order valence-corrected chi connectivity index (χ2v) is 6.44. The number of methoxy groups -OCH3 is 1. The molecule has 2 N–H and O–H groups in total. The Morgan fingerprint density at radius 1 is 1.58 bits per heavy atom. The number of halogens is 2. The normalized spacial score (nSPS) is 18.1. The van der Waals surface area contributed by atoms with Crippen LogP contribution in [0.2, 0.25) is 5.02 Å². The van der Waals surface area contributed by atoms with Crippen LogP contribution in [0.25, 0.3) is 0 Å². The van der Waals surface area contributed by atoms with Crippen molar-refractivity contribution in [2.24, 2.45) is 10.9 Å². The SMILES string of the molecule is CCNC(=NCC(C)C(=O)OC)NC1CCN(c2ncccc2Cl)C1.I. The lowest BCUT2D eigenvalue weighted by molar-refractivity contribution is -0.144. The third-order valence-electron chi connectivity index (χ3n) is 4.04. The van der Waals surface area contributed by atoms with Gasteiger partial charge in [0, 0.05) is 31.9 Å². The highest BCUT2D eigenvalue weighted by Gasteiger charge is 2.25. The Hall–Kier alpha value is -1.29. The Kier molecular flexibility index (Phi) is 10.0. The number of aliphatic imine (C=N–C) groups is 1. The minimum atomic E-state index is -0.271. The molecular weight excluding hydrogens is 469 g/mol. The maximum Gasteiger partial charge on any atom is 0.310 e. The van der Waals surface area contributed by atoms with Gasteiger partial charge in [0.2, 0.25) is 0 Å². The molecule has 2 rings (SSSR count). The number of ether oxygens (including phenoxy) is 1. The van der Waals surface area contributed by atoms with Crippen molar-refractivity contribution in [2.45, 2.75) is 26.3 Å². The summed E-state index contributed by atoms with van der Waals surface area (Å²) >= 11 is 6.23. The fourth-order valence-electron chi connectivity index (χ4n) is 2.70. The van der Waals surface area contributed by atoms with Crippen LogP contribution in [0.15, 0.2) is 23.3 Å². The van der Waals surface area contributed by atoms with Crippen molar-refractivity contribution in [2.75, 3.05) is 38.2 Å². The maximum atomic E-state index is 11.5. The van der Waals surface area contributed by atoms with Crippen LogP contribution in [0.1, 0.15) is 20.3 Å². The van der Waals surface area contributed by atoms with Gasteiger partial charge in [-0.25, -0.2) is 4.98 Å². The van der Waals surface area contributed by atoms with Crippen LogP contribution in [0, 0.1) is 5.92 Å². The maximum absolute atomic E-state index is 11.5. The molecular formula is C17H27ClIN5O2. The summed E-state index contributed by atoms with van der Waals surface area (Å²) in [4.78, 5) is 22.5. The molecule has 0 aromatic carbocycles. The molecule has 1 aromatic heterocycles. The minimum absolute atomic E-state index is 0. The van der Waals surface area contributed by atoms with Gasteiger partial charge in [-0.3, -0.25) is 9.79 Å². The van der Waals surface area contributed by atoms with Crippen LogP contribution in [-0.2, 0) is 9.53 Å². The Morgan fingerprint density at radius 2 is 2.35 bits per heavy atom. The summed E-state index contributed by atoms with van der Waals surface area (Å²) in [6.07, 6.45) is 2.71. The number of anilines is 1. The number of nitrogens with zero attached hydrogens (tertiary/aromatic N) is 3. The molecule has 0 spiro atoms. The zero-order valence-electron chi connectivity index (χ0n) is 15.4. The molecule has 0 amide bonds. The van der Waals surface area contributed by atoms with E-state index >= 15 is 0 Å². The summed E-state index contributed by atoms with van der Waals surface area (Å²) in [5.41, 5.74) is 0. The summed E-state index contributed by atoms with van der Waals surface area (Å²) < 4.78 is 4.74. The second-order valence-electron chi connectivity index (χ2n) is 6.03. The summed E-state index contributed by atoms with van der Waals surface area (Å²) in [6.45, 7) is 6.63. The number of rotatable bonds is 6. The molecule has 0 saturated carbocycles. The van der Waals surface area contributed by atoms with Gasteiger partial charge in [0.1, 0.15) is 5.82 Å². The van der Waals surface area contributed by atoms with E-state index in [9.17, 15) is 4.79 Å². The van der Waals surface area contributed by atoms with E-state index in [0.717, 1.165) is 31.9 Å². The minimum Gasteiger partial charge on any atom is -0.469 e. The lowest BCUT2D eigenvalue weighted by Gasteiger charge is -2.20. The molecule has 0 bridgehead atoms. The van der Waals surface area contributed by atoms with Gasteiger partial charge < -0.3 is 20.3 Å². The smallest absolute Gasteiger partial charge is 0.310 e. The van der Waals surface area contributed by atoms with E-state index in [1.807, 2.05) is 19.1 Å². The molecule has 7 nitrogen and oxygen atoms in total. The second kappa shape index (κ2) is 11.4. The first-order valence-corrected chi connectivity index (χ1v) is 8.91. The van der Waals surface area contributed by atoms with E-state index in [2.05, 4.69) is 25.5 Å². The van der Waals surface area contributed by atoms with Crippen molar-refractivity contribution < 1.29 is 9.53 Å². The molecule has 2 atom stereocenters.